The number of piperazine rings is 1. The van der Waals surface area contributed by atoms with Crippen LogP contribution in [0.25, 0.3) is 10.9 Å². The summed E-state index contributed by atoms with van der Waals surface area (Å²) < 4.78 is 12.1. The van der Waals surface area contributed by atoms with Crippen LogP contribution in [0.5, 0.6) is 11.8 Å². The zero-order valence-electron chi connectivity index (χ0n) is 18.4. The molecule has 1 saturated heterocycles. The first-order valence-corrected chi connectivity index (χ1v) is 11.3. The summed E-state index contributed by atoms with van der Waals surface area (Å²) in [6.07, 6.45) is 0. The summed E-state index contributed by atoms with van der Waals surface area (Å²) in [5, 5.41) is 5.29. The van der Waals surface area contributed by atoms with Crippen LogP contribution in [0.3, 0.4) is 0 Å². The molecule has 0 amide bonds. The Kier molecular flexibility index (Phi) is 5.32. The molecule has 3 aromatic heterocycles. The molecule has 9 nitrogen and oxygen atoms in total. The van der Waals surface area contributed by atoms with E-state index in [0.29, 0.717) is 17.6 Å². The van der Waals surface area contributed by atoms with E-state index in [-0.39, 0.29) is 0 Å². The van der Waals surface area contributed by atoms with Crippen LogP contribution in [0.1, 0.15) is 11.4 Å². The predicted octanol–water partition coefficient (Wildman–Crippen LogP) is 3.51. The van der Waals surface area contributed by atoms with E-state index in [0.717, 1.165) is 59.3 Å². The van der Waals surface area contributed by atoms with E-state index in [1.54, 1.807) is 4.68 Å². The van der Waals surface area contributed by atoms with E-state index in [1.807, 2.05) is 50.2 Å². The molecule has 0 bridgehead atoms. The average molecular weight is 451 g/mol. The highest BCUT2D eigenvalue weighted by Gasteiger charge is 2.18. The average Bonchev–Trinajstić information content (AvgIpc) is 3.30. The number of nitrogens with one attached hydrogen (secondary N) is 1. The minimum absolute atomic E-state index is 0.299. The van der Waals surface area contributed by atoms with Crippen molar-refractivity contribution in [2.45, 2.75) is 13.8 Å². The molecule has 4 heterocycles. The zero-order chi connectivity index (χ0) is 22.2. The van der Waals surface area contributed by atoms with Crippen molar-refractivity contribution in [3.63, 3.8) is 0 Å². The molecular formula is C22H26N8OS. The number of aromatic nitrogens is 4. The molecular weight excluding hydrogens is 424 g/mol. The van der Waals surface area contributed by atoms with Gasteiger partial charge in [-0.25, -0.2) is 0 Å². The standard InChI is InChI=1S/C22H26N8OS/c1-14-10-21(32-27-14)24-19-13-20(29-8-6-28(3)7-9-29)26-22(25-19)31-17-4-5-18-16(12-17)11-15(2)30(18)23/h4-5,10-13H,6-9,23H2,1-3H3,(H,24,25,26). The molecule has 0 unspecified atom stereocenters. The number of fused-ring (bicyclic) bond motifs is 1. The quantitative estimate of drug-likeness (QED) is 0.446. The molecule has 5 rings (SSSR count). The van der Waals surface area contributed by atoms with Gasteiger partial charge in [-0.1, -0.05) is 0 Å². The molecule has 10 heteroatoms. The van der Waals surface area contributed by atoms with Gasteiger partial charge in [0.2, 0.25) is 0 Å². The SMILES string of the molecule is Cc1cc(Nc2cc(N3CCN(C)CC3)nc(Oc3ccc4c(c3)cc(C)n4N)n2)sn1. The highest BCUT2D eigenvalue weighted by Crippen LogP contribution is 2.29. The molecule has 1 aliphatic rings. The number of aryl methyl sites for hydroxylation is 2. The Labute approximate surface area is 190 Å². The monoisotopic (exact) mass is 450 g/mol. The lowest BCUT2D eigenvalue weighted by Gasteiger charge is -2.33. The fraction of sp³-hybridized carbons (Fsp3) is 0.318. The first kappa shape index (κ1) is 20.5. The van der Waals surface area contributed by atoms with Gasteiger partial charge in [0, 0.05) is 43.3 Å². The van der Waals surface area contributed by atoms with Crippen molar-refractivity contribution in [3.8, 4) is 11.8 Å². The Hall–Kier alpha value is -3.37. The predicted molar refractivity (Wildman–Crippen MR) is 129 cm³/mol. The lowest BCUT2D eigenvalue weighted by Crippen LogP contribution is -2.44. The van der Waals surface area contributed by atoms with E-state index in [1.165, 1.54) is 11.5 Å². The Balaban J connectivity index is 1.47. The second-order valence-corrected chi connectivity index (χ2v) is 8.93. The van der Waals surface area contributed by atoms with E-state index < -0.39 is 0 Å². The van der Waals surface area contributed by atoms with Gasteiger partial charge in [-0.15, -0.1) is 0 Å². The Bertz CT molecular complexity index is 1260. The molecule has 1 fully saturated rings. The molecule has 1 aromatic carbocycles. The van der Waals surface area contributed by atoms with Crippen LogP contribution in [0.2, 0.25) is 0 Å². The number of likely N-dealkylation sites (N-methyl/N-ethyl adjacent to an activating group) is 1. The molecule has 0 spiro atoms. The van der Waals surface area contributed by atoms with Crippen molar-refractivity contribution in [3.05, 3.63) is 47.8 Å². The molecule has 166 valence electrons. The first-order valence-electron chi connectivity index (χ1n) is 10.5. The smallest absolute Gasteiger partial charge is 0.325 e. The van der Waals surface area contributed by atoms with Crippen LogP contribution in [0.4, 0.5) is 16.6 Å². The molecule has 0 radical (unpaired) electrons. The molecule has 3 N–H and O–H groups in total. The second-order valence-electron chi connectivity index (χ2n) is 8.12. The summed E-state index contributed by atoms with van der Waals surface area (Å²) in [4.78, 5) is 13.9. The summed E-state index contributed by atoms with van der Waals surface area (Å²) in [5.74, 6) is 8.27. The third-order valence-corrected chi connectivity index (χ3v) is 6.41. The van der Waals surface area contributed by atoms with E-state index >= 15 is 0 Å². The van der Waals surface area contributed by atoms with Crippen LogP contribution in [-0.4, -0.2) is 57.1 Å². The normalized spacial score (nSPS) is 14.8. The lowest BCUT2D eigenvalue weighted by atomic mass is 10.2. The van der Waals surface area contributed by atoms with Gasteiger partial charge in [-0.2, -0.15) is 14.3 Å². The van der Waals surface area contributed by atoms with Gasteiger partial charge in [0.1, 0.15) is 22.4 Å². The Morgan fingerprint density at radius 1 is 1.03 bits per heavy atom. The lowest BCUT2D eigenvalue weighted by molar-refractivity contribution is 0.311. The van der Waals surface area contributed by atoms with Crippen LogP contribution in [0.15, 0.2) is 36.4 Å². The van der Waals surface area contributed by atoms with Gasteiger partial charge in [-0.05, 0) is 62.8 Å². The molecule has 0 atom stereocenters. The van der Waals surface area contributed by atoms with Crippen LogP contribution in [-0.2, 0) is 0 Å². The van der Waals surface area contributed by atoms with Crippen molar-refractivity contribution in [1.82, 2.24) is 23.9 Å². The number of hydrogen-bond donors (Lipinski definition) is 2. The summed E-state index contributed by atoms with van der Waals surface area (Å²) in [5.41, 5.74) is 2.90. The summed E-state index contributed by atoms with van der Waals surface area (Å²) in [6, 6.07) is 12.1. The number of ether oxygens (including phenoxy) is 1. The third-order valence-electron chi connectivity index (χ3n) is 5.61. The van der Waals surface area contributed by atoms with Crippen molar-refractivity contribution in [2.24, 2.45) is 0 Å². The zero-order valence-corrected chi connectivity index (χ0v) is 19.2. The van der Waals surface area contributed by atoms with Crippen molar-refractivity contribution in [2.75, 3.05) is 49.3 Å². The van der Waals surface area contributed by atoms with Crippen molar-refractivity contribution >= 4 is 39.1 Å². The van der Waals surface area contributed by atoms with E-state index in [2.05, 4.69) is 31.5 Å². The number of rotatable bonds is 5. The Morgan fingerprint density at radius 3 is 2.59 bits per heavy atom. The van der Waals surface area contributed by atoms with Gasteiger partial charge in [0.25, 0.3) is 0 Å². The maximum atomic E-state index is 6.11. The fourth-order valence-corrected chi connectivity index (χ4v) is 4.46. The van der Waals surface area contributed by atoms with Gasteiger partial charge >= 0.3 is 6.01 Å². The van der Waals surface area contributed by atoms with Crippen LogP contribution in [0, 0.1) is 13.8 Å². The van der Waals surface area contributed by atoms with Gasteiger partial charge in [0.15, 0.2) is 0 Å². The van der Waals surface area contributed by atoms with Gasteiger partial charge in [0.05, 0.1) is 11.2 Å². The topological polar surface area (TPSA) is 97.4 Å². The van der Waals surface area contributed by atoms with Gasteiger partial charge in [-0.3, -0.25) is 4.68 Å². The molecule has 32 heavy (non-hydrogen) atoms. The molecule has 0 saturated carbocycles. The fourth-order valence-electron chi connectivity index (χ4n) is 3.79. The Morgan fingerprint density at radius 2 is 1.84 bits per heavy atom. The second kappa shape index (κ2) is 8.29. The van der Waals surface area contributed by atoms with Crippen LogP contribution >= 0.6 is 11.5 Å². The van der Waals surface area contributed by atoms with Gasteiger partial charge < -0.3 is 25.7 Å². The number of anilines is 3. The summed E-state index contributed by atoms with van der Waals surface area (Å²) in [6.45, 7) is 7.73. The number of hydrogen-bond acceptors (Lipinski definition) is 9. The van der Waals surface area contributed by atoms with Crippen molar-refractivity contribution < 1.29 is 4.74 Å². The number of nitrogen functional groups attached to an aromatic ring is 1. The first-order chi connectivity index (χ1) is 15.4. The number of nitrogens with zero attached hydrogens (tertiary/aromatic N) is 6. The minimum atomic E-state index is 0.299. The minimum Gasteiger partial charge on any atom is -0.424 e. The largest absolute Gasteiger partial charge is 0.424 e. The molecule has 4 aromatic rings. The highest BCUT2D eigenvalue weighted by atomic mass is 32.1. The van der Waals surface area contributed by atoms with Crippen LogP contribution < -0.4 is 20.8 Å². The van der Waals surface area contributed by atoms with E-state index in [4.69, 9.17) is 15.6 Å². The third kappa shape index (κ3) is 4.19. The van der Waals surface area contributed by atoms with Crippen molar-refractivity contribution in [1.29, 1.82) is 0 Å². The summed E-state index contributed by atoms with van der Waals surface area (Å²) >= 11 is 1.40. The maximum absolute atomic E-state index is 6.11. The molecule has 0 aliphatic carbocycles. The number of nitrogens with two attached hydrogens (primary N) is 1. The highest BCUT2D eigenvalue weighted by molar-refractivity contribution is 7.10. The summed E-state index contributed by atoms with van der Waals surface area (Å²) in [7, 11) is 2.14. The number of benzene rings is 1. The maximum Gasteiger partial charge on any atom is 0.325 e. The molecule has 1 aliphatic heterocycles. The van der Waals surface area contributed by atoms with E-state index in [9.17, 15) is 0 Å².